The summed E-state index contributed by atoms with van der Waals surface area (Å²) in [4.78, 5) is 26.8. The largest absolute Gasteiger partial charge is 0.481 e. The monoisotopic (exact) mass is 263 g/mol. The Hall–Kier alpha value is -2.11. The minimum atomic E-state index is -0.840. The van der Waals surface area contributed by atoms with Crippen molar-refractivity contribution in [2.45, 2.75) is 31.8 Å². The Labute approximate surface area is 111 Å². The first-order chi connectivity index (χ1) is 9.16. The van der Waals surface area contributed by atoms with E-state index in [0.29, 0.717) is 19.4 Å². The van der Waals surface area contributed by atoms with Crippen LogP contribution >= 0.6 is 0 Å². The van der Waals surface area contributed by atoms with Crippen LogP contribution in [0.1, 0.15) is 25.0 Å². The van der Waals surface area contributed by atoms with Gasteiger partial charge in [-0.3, -0.25) is 9.78 Å². The molecule has 2 unspecified atom stereocenters. The molecule has 2 amide bonds. The quantitative estimate of drug-likeness (QED) is 0.759. The van der Waals surface area contributed by atoms with Crippen LogP contribution in [0.4, 0.5) is 4.79 Å². The Morgan fingerprint density at radius 1 is 1.37 bits per heavy atom. The van der Waals surface area contributed by atoms with Crippen molar-refractivity contribution in [3.05, 3.63) is 30.1 Å². The Morgan fingerprint density at radius 3 is 2.89 bits per heavy atom. The first-order valence-electron chi connectivity index (χ1n) is 6.34. The molecular formula is C13H17N3O3. The lowest BCUT2D eigenvalue weighted by Crippen LogP contribution is -2.45. The normalized spacial score (nSPS) is 21.9. The topological polar surface area (TPSA) is 91.3 Å². The summed E-state index contributed by atoms with van der Waals surface area (Å²) >= 11 is 0. The number of amides is 2. The van der Waals surface area contributed by atoms with Crippen molar-refractivity contribution in [3.8, 4) is 0 Å². The lowest BCUT2D eigenvalue weighted by Gasteiger charge is -2.17. The number of carbonyl (C=O) groups is 2. The molecule has 0 radical (unpaired) electrons. The Balaban J connectivity index is 1.80. The first kappa shape index (κ1) is 13.3. The van der Waals surface area contributed by atoms with E-state index in [4.69, 9.17) is 5.11 Å². The number of aromatic nitrogens is 1. The van der Waals surface area contributed by atoms with Crippen LogP contribution in [0.5, 0.6) is 0 Å². The van der Waals surface area contributed by atoms with Crippen LogP contribution in [-0.2, 0) is 11.3 Å². The van der Waals surface area contributed by atoms with Crippen LogP contribution in [-0.4, -0.2) is 28.1 Å². The van der Waals surface area contributed by atoms with Gasteiger partial charge in [0.2, 0.25) is 0 Å². The molecule has 1 aromatic rings. The smallest absolute Gasteiger partial charge is 0.315 e. The van der Waals surface area contributed by atoms with Crippen LogP contribution in [0.25, 0.3) is 0 Å². The Kier molecular flexibility index (Phi) is 4.33. The summed E-state index contributed by atoms with van der Waals surface area (Å²) in [5, 5.41) is 14.4. The van der Waals surface area contributed by atoms with E-state index in [-0.39, 0.29) is 12.1 Å². The van der Waals surface area contributed by atoms with Gasteiger partial charge in [0, 0.05) is 12.2 Å². The van der Waals surface area contributed by atoms with E-state index in [2.05, 4.69) is 15.6 Å². The predicted molar refractivity (Wildman–Crippen MR) is 68.4 cm³/mol. The van der Waals surface area contributed by atoms with Gasteiger partial charge in [-0.05, 0) is 25.0 Å². The number of hydrogen-bond acceptors (Lipinski definition) is 3. The van der Waals surface area contributed by atoms with E-state index >= 15 is 0 Å². The highest BCUT2D eigenvalue weighted by Crippen LogP contribution is 2.25. The van der Waals surface area contributed by atoms with Gasteiger partial charge < -0.3 is 15.7 Å². The van der Waals surface area contributed by atoms with Gasteiger partial charge in [-0.1, -0.05) is 12.5 Å². The molecule has 2 atom stereocenters. The van der Waals surface area contributed by atoms with E-state index in [1.807, 2.05) is 12.1 Å². The SMILES string of the molecule is O=C(NCc1ccccn1)NC1CCCC1C(=O)O. The van der Waals surface area contributed by atoms with Gasteiger partial charge in [0.25, 0.3) is 0 Å². The van der Waals surface area contributed by atoms with Crippen molar-refractivity contribution in [2.75, 3.05) is 0 Å². The molecule has 1 fully saturated rings. The van der Waals surface area contributed by atoms with E-state index in [0.717, 1.165) is 12.1 Å². The maximum atomic E-state index is 11.7. The zero-order chi connectivity index (χ0) is 13.7. The van der Waals surface area contributed by atoms with E-state index in [1.165, 1.54) is 0 Å². The average molecular weight is 263 g/mol. The fraction of sp³-hybridized carbons (Fsp3) is 0.462. The molecule has 0 aliphatic heterocycles. The summed E-state index contributed by atoms with van der Waals surface area (Å²) in [6.45, 7) is 0.330. The molecule has 102 valence electrons. The minimum Gasteiger partial charge on any atom is -0.481 e. The summed E-state index contributed by atoms with van der Waals surface area (Å²) in [6.07, 6.45) is 3.84. The number of pyridine rings is 1. The van der Waals surface area contributed by atoms with Crippen molar-refractivity contribution < 1.29 is 14.7 Å². The number of nitrogens with one attached hydrogen (secondary N) is 2. The van der Waals surface area contributed by atoms with Gasteiger partial charge in [0.15, 0.2) is 0 Å². The summed E-state index contributed by atoms with van der Waals surface area (Å²) in [5.74, 6) is -1.31. The predicted octanol–water partition coefficient (Wildman–Crippen LogP) is 1.13. The second-order valence-corrected chi connectivity index (χ2v) is 4.63. The van der Waals surface area contributed by atoms with Gasteiger partial charge in [0.05, 0.1) is 18.2 Å². The maximum Gasteiger partial charge on any atom is 0.315 e. The highest BCUT2D eigenvalue weighted by molar-refractivity contribution is 5.76. The second kappa shape index (κ2) is 6.17. The van der Waals surface area contributed by atoms with Gasteiger partial charge >= 0.3 is 12.0 Å². The highest BCUT2D eigenvalue weighted by Gasteiger charge is 2.33. The molecule has 1 aliphatic carbocycles. The van der Waals surface area contributed by atoms with Gasteiger partial charge in [-0.25, -0.2) is 4.79 Å². The number of carboxylic acids is 1. The third kappa shape index (κ3) is 3.67. The molecule has 1 heterocycles. The van der Waals surface area contributed by atoms with Gasteiger partial charge in [0.1, 0.15) is 0 Å². The van der Waals surface area contributed by atoms with Gasteiger partial charge in [-0.15, -0.1) is 0 Å². The molecule has 1 aliphatic rings. The van der Waals surface area contributed by atoms with E-state index in [1.54, 1.807) is 12.3 Å². The molecule has 6 heteroatoms. The van der Waals surface area contributed by atoms with Crippen molar-refractivity contribution in [2.24, 2.45) is 5.92 Å². The van der Waals surface area contributed by atoms with Gasteiger partial charge in [-0.2, -0.15) is 0 Å². The van der Waals surface area contributed by atoms with Crippen molar-refractivity contribution >= 4 is 12.0 Å². The number of nitrogens with zero attached hydrogens (tertiary/aromatic N) is 1. The summed E-state index contributed by atoms with van der Waals surface area (Å²) in [5.41, 5.74) is 0.763. The lowest BCUT2D eigenvalue weighted by atomic mass is 10.0. The third-order valence-corrected chi connectivity index (χ3v) is 3.31. The van der Waals surface area contributed by atoms with Crippen LogP contribution in [0.15, 0.2) is 24.4 Å². The molecule has 1 aromatic heterocycles. The number of hydrogen-bond donors (Lipinski definition) is 3. The van der Waals surface area contributed by atoms with Crippen molar-refractivity contribution in [3.63, 3.8) is 0 Å². The number of rotatable bonds is 4. The molecule has 0 spiro atoms. The summed E-state index contributed by atoms with van der Waals surface area (Å²) < 4.78 is 0. The number of urea groups is 1. The molecule has 0 bridgehead atoms. The van der Waals surface area contributed by atoms with Crippen molar-refractivity contribution in [1.29, 1.82) is 0 Å². The summed E-state index contributed by atoms with van der Waals surface area (Å²) in [7, 11) is 0. The third-order valence-electron chi connectivity index (χ3n) is 3.31. The molecular weight excluding hydrogens is 246 g/mol. The van der Waals surface area contributed by atoms with Crippen LogP contribution in [0.3, 0.4) is 0 Å². The lowest BCUT2D eigenvalue weighted by molar-refractivity contribution is -0.142. The molecule has 0 saturated heterocycles. The van der Waals surface area contributed by atoms with Crippen LogP contribution in [0.2, 0.25) is 0 Å². The Morgan fingerprint density at radius 2 is 2.21 bits per heavy atom. The van der Waals surface area contributed by atoms with Crippen molar-refractivity contribution in [1.82, 2.24) is 15.6 Å². The zero-order valence-corrected chi connectivity index (χ0v) is 10.5. The summed E-state index contributed by atoms with van der Waals surface area (Å²) in [6, 6.07) is 4.85. The zero-order valence-electron chi connectivity index (χ0n) is 10.5. The van der Waals surface area contributed by atoms with Crippen LogP contribution < -0.4 is 10.6 Å². The molecule has 19 heavy (non-hydrogen) atoms. The van der Waals surface area contributed by atoms with E-state index < -0.39 is 11.9 Å². The second-order valence-electron chi connectivity index (χ2n) is 4.63. The number of carbonyl (C=O) groups excluding carboxylic acids is 1. The Bertz CT molecular complexity index is 450. The molecule has 2 rings (SSSR count). The minimum absolute atomic E-state index is 0.277. The fourth-order valence-corrected chi connectivity index (χ4v) is 2.32. The molecule has 3 N–H and O–H groups in total. The maximum absolute atomic E-state index is 11.7. The average Bonchev–Trinajstić information content (AvgIpc) is 2.86. The van der Waals surface area contributed by atoms with E-state index in [9.17, 15) is 9.59 Å². The first-order valence-corrected chi connectivity index (χ1v) is 6.34. The molecule has 6 nitrogen and oxygen atoms in total. The number of carboxylic acid groups (broad SMARTS) is 1. The molecule has 0 aromatic carbocycles. The van der Waals surface area contributed by atoms with Crippen LogP contribution in [0, 0.1) is 5.92 Å². The standard InChI is InChI=1S/C13H17N3O3/c17-12(18)10-5-3-6-11(10)16-13(19)15-8-9-4-1-2-7-14-9/h1-2,4,7,10-11H,3,5-6,8H2,(H,17,18)(H2,15,16,19). The molecule has 1 saturated carbocycles. The number of aliphatic carboxylic acids is 1. The fourth-order valence-electron chi connectivity index (χ4n) is 2.32. The highest BCUT2D eigenvalue weighted by atomic mass is 16.4.